The van der Waals surface area contributed by atoms with Crippen molar-refractivity contribution in [2.24, 2.45) is 0 Å². The topological polar surface area (TPSA) is 32.9 Å². The largest absolute Gasteiger partial charge is 0.322 e. The summed E-state index contributed by atoms with van der Waals surface area (Å²) in [7, 11) is 0. The zero-order chi connectivity index (χ0) is 9.42. The summed E-state index contributed by atoms with van der Waals surface area (Å²) in [6, 6.07) is 7.49. The van der Waals surface area contributed by atoms with E-state index >= 15 is 0 Å². The minimum absolute atomic E-state index is 0.0439. The molecule has 0 fully saturated rings. The first-order valence-corrected chi connectivity index (χ1v) is 5.04. The van der Waals surface area contributed by atoms with E-state index in [2.05, 4.69) is 33.6 Å². The number of nitrogens with one attached hydrogen (secondary N) is 1. The Morgan fingerprint density at radius 3 is 2.77 bits per heavy atom. The molecule has 2 nitrogen and oxygen atoms in total. The van der Waals surface area contributed by atoms with Crippen LogP contribution in [0.4, 0.5) is 0 Å². The smallest absolute Gasteiger partial charge is 0.248 e. The van der Waals surface area contributed by atoms with E-state index in [1.54, 1.807) is 6.07 Å². The Morgan fingerprint density at radius 2 is 2.00 bits per heavy atom. The van der Waals surface area contributed by atoms with Crippen molar-refractivity contribution in [3.63, 3.8) is 0 Å². The molecule has 0 amide bonds. The molecule has 1 N–H and O–H groups in total. The number of halogens is 1. The minimum atomic E-state index is -0.0439. The number of benzene rings is 1. The second-order valence-electron chi connectivity index (χ2n) is 2.98. The van der Waals surface area contributed by atoms with Gasteiger partial charge in [-0.1, -0.05) is 6.07 Å². The molecule has 0 atom stereocenters. The first kappa shape index (κ1) is 8.74. The predicted molar refractivity (Wildman–Crippen MR) is 62.0 cm³/mol. The highest BCUT2D eigenvalue weighted by molar-refractivity contribution is 14.1. The summed E-state index contributed by atoms with van der Waals surface area (Å²) in [6.45, 7) is 1.99. The van der Waals surface area contributed by atoms with Gasteiger partial charge in [0.2, 0.25) is 5.56 Å². The van der Waals surface area contributed by atoms with Gasteiger partial charge < -0.3 is 4.98 Å². The van der Waals surface area contributed by atoms with E-state index in [0.717, 1.165) is 20.0 Å². The number of fused-ring (bicyclic) bond motifs is 1. The van der Waals surface area contributed by atoms with Gasteiger partial charge >= 0.3 is 0 Å². The number of aromatic amines is 1. The zero-order valence-electron chi connectivity index (χ0n) is 7.10. The summed E-state index contributed by atoms with van der Waals surface area (Å²) in [4.78, 5) is 13.9. The lowest BCUT2D eigenvalue weighted by atomic mass is 10.1. The summed E-state index contributed by atoms with van der Waals surface area (Å²) in [6.07, 6.45) is 0. The summed E-state index contributed by atoms with van der Waals surface area (Å²) >= 11 is 2.26. The fourth-order valence-corrected chi connectivity index (χ4v) is 1.99. The average molecular weight is 285 g/mol. The van der Waals surface area contributed by atoms with E-state index in [1.807, 2.05) is 19.1 Å². The monoisotopic (exact) mass is 285 g/mol. The van der Waals surface area contributed by atoms with Crippen molar-refractivity contribution in [1.29, 1.82) is 0 Å². The Bertz CT molecular complexity index is 516. The van der Waals surface area contributed by atoms with Gasteiger partial charge in [0, 0.05) is 15.0 Å². The van der Waals surface area contributed by atoms with Crippen molar-refractivity contribution >= 4 is 33.5 Å². The van der Waals surface area contributed by atoms with Crippen LogP contribution in [0.5, 0.6) is 0 Å². The van der Waals surface area contributed by atoms with E-state index in [1.165, 1.54) is 0 Å². The van der Waals surface area contributed by atoms with Gasteiger partial charge in [-0.15, -0.1) is 0 Å². The number of aryl methyl sites for hydroxylation is 1. The van der Waals surface area contributed by atoms with Crippen molar-refractivity contribution in [3.8, 4) is 0 Å². The number of hydrogen-bond donors (Lipinski definition) is 1. The molecular weight excluding hydrogens is 277 g/mol. The van der Waals surface area contributed by atoms with Crippen LogP contribution in [0.3, 0.4) is 0 Å². The van der Waals surface area contributed by atoms with E-state index in [0.29, 0.717) is 0 Å². The number of hydrogen-bond acceptors (Lipinski definition) is 1. The van der Waals surface area contributed by atoms with Gasteiger partial charge in [0.15, 0.2) is 0 Å². The molecule has 0 aliphatic carbocycles. The quantitative estimate of drug-likeness (QED) is 0.741. The van der Waals surface area contributed by atoms with Gasteiger partial charge in [0.25, 0.3) is 0 Å². The van der Waals surface area contributed by atoms with Crippen LogP contribution >= 0.6 is 22.6 Å². The van der Waals surface area contributed by atoms with Crippen molar-refractivity contribution < 1.29 is 0 Å². The number of aromatic nitrogens is 1. The first-order valence-electron chi connectivity index (χ1n) is 3.96. The molecule has 0 spiro atoms. The van der Waals surface area contributed by atoms with E-state index < -0.39 is 0 Å². The lowest BCUT2D eigenvalue weighted by Crippen LogP contribution is -2.03. The molecule has 0 radical (unpaired) electrons. The van der Waals surface area contributed by atoms with Crippen molar-refractivity contribution in [2.45, 2.75) is 6.92 Å². The van der Waals surface area contributed by atoms with Crippen LogP contribution < -0.4 is 5.56 Å². The molecule has 2 rings (SSSR count). The van der Waals surface area contributed by atoms with E-state index in [4.69, 9.17) is 0 Å². The van der Waals surface area contributed by atoms with Crippen molar-refractivity contribution in [1.82, 2.24) is 4.98 Å². The Kier molecular flexibility index (Phi) is 2.11. The second kappa shape index (κ2) is 3.14. The first-order chi connectivity index (χ1) is 6.18. The summed E-state index contributed by atoms with van der Waals surface area (Å²) in [5, 5.41) is 1.11. The molecule has 0 aliphatic heterocycles. The van der Waals surface area contributed by atoms with Gasteiger partial charge in [0.05, 0.1) is 5.52 Å². The van der Waals surface area contributed by atoms with Gasteiger partial charge in [-0.3, -0.25) is 4.79 Å². The maximum atomic E-state index is 11.1. The molecule has 0 saturated carbocycles. The molecule has 1 heterocycles. The lowest BCUT2D eigenvalue weighted by molar-refractivity contribution is 1.28. The van der Waals surface area contributed by atoms with E-state index in [9.17, 15) is 4.79 Å². The zero-order valence-corrected chi connectivity index (χ0v) is 9.25. The highest BCUT2D eigenvalue weighted by Gasteiger charge is 2.00. The van der Waals surface area contributed by atoms with Gasteiger partial charge in [-0.05, 0) is 47.2 Å². The molecule has 1 aromatic carbocycles. The minimum Gasteiger partial charge on any atom is -0.322 e. The number of rotatable bonds is 0. The summed E-state index contributed by atoms with van der Waals surface area (Å²) < 4.78 is 1.16. The molecule has 0 unspecified atom stereocenters. The van der Waals surface area contributed by atoms with Gasteiger partial charge in [0.1, 0.15) is 0 Å². The maximum absolute atomic E-state index is 11.1. The Balaban J connectivity index is 3.00. The standard InChI is InChI=1S/C10H8INO/c1-6-2-4-8(11)7-3-5-9(13)12-10(6)7/h2-5H,1H3,(H,12,13). The molecule has 0 saturated heterocycles. The van der Waals surface area contributed by atoms with Crippen LogP contribution in [-0.2, 0) is 0 Å². The fourth-order valence-electron chi connectivity index (χ4n) is 1.36. The summed E-state index contributed by atoms with van der Waals surface area (Å²) in [5.41, 5.74) is 2.00. The maximum Gasteiger partial charge on any atom is 0.248 e. The number of pyridine rings is 1. The van der Waals surface area contributed by atoms with Gasteiger partial charge in [-0.2, -0.15) is 0 Å². The average Bonchev–Trinajstić information content (AvgIpc) is 2.12. The van der Waals surface area contributed by atoms with Crippen LogP contribution in [0.2, 0.25) is 0 Å². The van der Waals surface area contributed by atoms with Crippen LogP contribution in [-0.4, -0.2) is 4.98 Å². The second-order valence-corrected chi connectivity index (χ2v) is 4.14. The highest BCUT2D eigenvalue weighted by Crippen LogP contribution is 2.20. The molecule has 66 valence electrons. The third kappa shape index (κ3) is 1.48. The fraction of sp³-hybridized carbons (Fsp3) is 0.100. The molecule has 0 aliphatic rings. The molecule has 2 aromatic rings. The molecular formula is C10H8INO. The lowest BCUT2D eigenvalue weighted by Gasteiger charge is -2.02. The van der Waals surface area contributed by atoms with Crippen LogP contribution in [0.15, 0.2) is 29.1 Å². The van der Waals surface area contributed by atoms with E-state index in [-0.39, 0.29) is 5.56 Å². The van der Waals surface area contributed by atoms with Crippen molar-refractivity contribution in [3.05, 3.63) is 43.8 Å². The van der Waals surface area contributed by atoms with Crippen molar-refractivity contribution in [2.75, 3.05) is 0 Å². The normalized spacial score (nSPS) is 10.6. The Hall–Kier alpha value is -0.840. The number of H-pyrrole nitrogens is 1. The Labute approximate surface area is 89.1 Å². The molecule has 0 bridgehead atoms. The molecule has 1 aromatic heterocycles. The third-order valence-electron chi connectivity index (χ3n) is 2.05. The van der Waals surface area contributed by atoms with Crippen LogP contribution in [0.1, 0.15) is 5.56 Å². The summed E-state index contributed by atoms with van der Waals surface area (Å²) in [5.74, 6) is 0. The Morgan fingerprint density at radius 1 is 1.23 bits per heavy atom. The third-order valence-corrected chi connectivity index (χ3v) is 2.99. The van der Waals surface area contributed by atoms with Crippen LogP contribution in [0.25, 0.3) is 10.9 Å². The highest BCUT2D eigenvalue weighted by atomic mass is 127. The predicted octanol–water partition coefficient (Wildman–Crippen LogP) is 2.44. The van der Waals surface area contributed by atoms with Gasteiger partial charge in [-0.25, -0.2) is 0 Å². The molecule has 3 heteroatoms. The SMILES string of the molecule is Cc1ccc(I)c2ccc(=O)[nH]c12. The molecule has 13 heavy (non-hydrogen) atoms. The van der Waals surface area contributed by atoms with Crippen LogP contribution in [0, 0.1) is 10.5 Å².